The Morgan fingerprint density at radius 1 is 1.20 bits per heavy atom. The summed E-state index contributed by atoms with van der Waals surface area (Å²) in [6.45, 7) is 0. The summed E-state index contributed by atoms with van der Waals surface area (Å²) in [5.74, 6) is 0. The average molecular weight is 215 g/mol. The minimum atomic E-state index is -4.64. The molecule has 0 atom stereocenters. The minimum Gasteiger partial charge on any atom is -0.410 e. The monoisotopic (exact) mass is 215 g/mol. The molecule has 2 nitrogen and oxygen atoms in total. The highest BCUT2D eigenvalue weighted by Gasteiger charge is 2.34. The van der Waals surface area contributed by atoms with E-state index in [-0.39, 0.29) is 0 Å². The molecule has 0 bridgehead atoms. The molecule has 0 spiro atoms. The van der Waals surface area contributed by atoms with E-state index < -0.39 is 11.9 Å². The molecule has 0 aromatic heterocycles. The molecule has 0 aliphatic heterocycles. The topological polar surface area (TPSA) is 32.6 Å². The SMILES string of the molecule is ON=C(C=Cc1ccccc1)C(F)(F)F. The van der Waals surface area contributed by atoms with Crippen LogP contribution in [0, 0.1) is 0 Å². The summed E-state index contributed by atoms with van der Waals surface area (Å²) in [4.78, 5) is 0. The normalized spacial score (nSPS) is 13.4. The summed E-state index contributed by atoms with van der Waals surface area (Å²) in [5, 5.41) is 10.3. The van der Waals surface area contributed by atoms with Crippen molar-refractivity contribution in [1.82, 2.24) is 0 Å². The van der Waals surface area contributed by atoms with Gasteiger partial charge in [-0.3, -0.25) is 0 Å². The van der Waals surface area contributed by atoms with Gasteiger partial charge in [-0.1, -0.05) is 41.6 Å². The molecule has 0 heterocycles. The third-order valence-electron chi connectivity index (χ3n) is 1.63. The van der Waals surface area contributed by atoms with Gasteiger partial charge < -0.3 is 5.21 Å². The molecule has 1 rings (SSSR count). The smallest absolute Gasteiger partial charge is 0.410 e. The molecule has 0 fully saturated rings. The van der Waals surface area contributed by atoms with E-state index in [0.717, 1.165) is 6.08 Å². The summed E-state index contributed by atoms with van der Waals surface area (Å²) in [6.07, 6.45) is -2.70. The Morgan fingerprint density at radius 2 is 1.80 bits per heavy atom. The van der Waals surface area contributed by atoms with Crippen LogP contribution in [0.25, 0.3) is 6.08 Å². The number of oxime groups is 1. The highest BCUT2D eigenvalue weighted by atomic mass is 19.4. The number of halogens is 3. The van der Waals surface area contributed by atoms with E-state index >= 15 is 0 Å². The first-order chi connectivity index (χ1) is 7.04. The molecule has 5 heteroatoms. The third-order valence-corrected chi connectivity index (χ3v) is 1.63. The molecule has 15 heavy (non-hydrogen) atoms. The molecule has 1 aromatic carbocycles. The molecule has 80 valence electrons. The summed E-state index contributed by atoms with van der Waals surface area (Å²) in [5.41, 5.74) is -0.728. The van der Waals surface area contributed by atoms with E-state index in [9.17, 15) is 13.2 Å². The molecule has 0 aliphatic rings. The van der Waals surface area contributed by atoms with Crippen LogP contribution in [0.1, 0.15) is 5.56 Å². The quantitative estimate of drug-likeness (QED) is 0.459. The lowest BCUT2D eigenvalue weighted by Gasteiger charge is -2.02. The minimum absolute atomic E-state index is 0.600. The van der Waals surface area contributed by atoms with Crippen molar-refractivity contribution in [2.24, 2.45) is 5.16 Å². The maximum atomic E-state index is 12.1. The number of hydrogen-bond donors (Lipinski definition) is 1. The van der Waals surface area contributed by atoms with E-state index in [1.807, 2.05) is 0 Å². The van der Waals surface area contributed by atoms with E-state index in [4.69, 9.17) is 5.21 Å². The summed E-state index contributed by atoms with van der Waals surface area (Å²) in [6, 6.07) is 8.43. The maximum Gasteiger partial charge on any atom is 0.436 e. The van der Waals surface area contributed by atoms with Crippen molar-refractivity contribution in [1.29, 1.82) is 0 Å². The number of rotatable bonds is 2. The predicted octanol–water partition coefficient (Wildman–Crippen LogP) is 3.09. The molecule has 0 saturated carbocycles. The van der Waals surface area contributed by atoms with Crippen LogP contribution in [0.4, 0.5) is 13.2 Å². The maximum absolute atomic E-state index is 12.1. The molecule has 1 aromatic rings. The van der Waals surface area contributed by atoms with Gasteiger partial charge in [0.25, 0.3) is 0 Å². The molecule has 1 N–H and O–H groups in total. The lowest BCUT2D eigenvalue weighted by molar-refractivity contribution is -0.0596. The Balaban J connectivity index is 2.82. The van der Waals surface area contributed by atoms with Gasteiger partial charge >= 0.3 is 6.18 Å². The van der Waals surface area contributed by atoms with E-state index in [0.29, 0.717) is 5.56 Å². The second kappa shape index (κ2) is 4.63. The van der Waals surface area contributed by atoms with Crippen LogP contribution >= 0.6 is 0 Å². The summed E-state index contributed by atoms with van der Waals surface area (Å²) in [7, 11) is 0. The van der Waals surface area contributed by atoms with Crippen LogP contribution in [0.15, 0.2) is 41.6 Å². The second-order valence-electron chi connectivity index (χ2n) is 2.73. The van der Waals surface area contributed by atoms with Crippen molar-refractivity contribution < 1.29 is 18.4 Å². The first-order valence-electron chi connectivity index (χ1n) is 4.06. The van der Waals surface area contributed by atoms with Gasteiger partial charge in [-0.2, -0.15) is 13.2 Å². The molecule has 0 saturated heterocycles. The number of nitrogens with zero attached hydrogens (tertiary/aromatic N) is 1. The van der Waals surface area contributed by atoms with Crippen molar-refractivity contribution in [2.45, 2.75) is 6.18 Å². The van der Waals surface area contributed by atoms with Gasteiger partial charge in [0.15, 0.2) is 5.71 Å². The fourth-order valence-electron chi connectivity index (χ4n) is 0.924. The van der Waals surface area contributed by atoms with Gasteiger partial charge in [0, 0.05) is 0 Å². The fraction of sp³-hybridized carbons (Fsp3) is 0.100. The van der Waals surface area contributed by atoms with Crippen molar-refractivity contribution in [2.75, 3.05) is 0 Å². The second-order valence-corrected chi connectivity index (χ2v) is 2.73. The zero-order valence-corrected chi connectivity index (χ0v) is 7.57. The molecule has 0 aliphatic carbocycles. The lowest BCUT2D eigenvalue weighted by Crippen LogP contribution is -2.20. The molecule has 0 unspecified atom stereocenters. The highest BCUT2D eigenvalue weighted by Crippen LogP contribution is 2.18. The Kier molecular flexibility index (Phi) is 3.49. The molecular weight excluding hydrogens is 207 g/mol. The van der Waals surface area contributed by atoms with Crippen LogP contribution in [-0.4, -0.2) is 17.1 Å². The molecular formula is C10H8F3NO. The number of alkyl halides is 3. The van der Waals surface area contributed by atoms with Gasteiger partial charge in [-0.05, 0) is 11.6 Å². The first-order valence-corrected chi connectivity index (χ1v) is 4.06. The van der Waals surface area contributed by atoms with Crippen LogP contribution < -0.4 is 0 Å². The van der Waals surface area contributed by atoms with E-state index in [1.165, 1.54) is 6.08 Å². The van der Waals surface area contributed by atoms with Gasteiger partial charge in [0.05, 0.1) is 0 Å². The van der Waals surface area contributed by atoms with Crippen molar-refractivity contribution in [3.63, 3.8) is 0 Å². The number of benzene rings is 1. The van der Waals surface area contributed by atoms with Gasteiger partial charge in [-0.25, -0.2) is 0 Å². The predicted molar refractivity (Wildman–Crippen MR) is 50.8 cm³/mol. The number of allylic oxidation sites excluding steroid dienone is 1. The van der Waals surface area contributed by atoms with Gasteiger partial charge in [0.2, 0.25) is 0 Å². The lowest BCUT2D eigenvalue weighted by atomic mass is 10.2. The van der Waals surface area contributed by atoms with Crippen LogP contribution in [0.3, 0.4) is 0 Å². The van der Waals surface area contributed by atoms with Crippen molar-refractivity contribution >= 4 is 11.8 Å². The first kappa shape index (κ1) is 11.3. The van der Waals surface area contributed by atoms with Crippen LogP contribution in [0.2, 0.25) is 0 Å². The zero-order chi connectivity index (χ0) is 11.3. The Bertz CT molecular complexity index is 368. The fourth-order valence-corrected chi connectivity index (χ4v) is 0.924. The van der Waals surface area contributed by atoms with Gasteiger partial charge in [0.1, 0.15) is 0 Å². The van der Waals surface area contributed by atoms with Crippen molar-refractivity contribution in [3.05, 3.63) is 42.0 Å². The van der Waals surface area contributed by atoms with Crippen molar-refractivity contribution in [3.8, 4) is 0 Å². The van der Waals surface area contributed by atoms with E-state index in [1.54, 1.807) is 30.3 Å². The van der Waals surface area contributed by atoms with E-state index in [2.05, 4.69) is 5.16 Å². The molecule has 0 radical (unpaired) electrons. The third kappa shape index (κ3) is 3.46. The Hall–Kier alpha value is -1.78. The van der Waals surface area contributed by atoms with Crippen LogP contribution in [0.5, 0.6) is 0 Å². The summed E-state index contributed by atoms with van der Waals surface area (Å²) >= 11 is 0. The van der Waals surface area contributed by atoms with Crippen LogP contribution in [-0.2, 0) is 0 Å². The Morgan fingerprint density at radius 3 is 2.27 bits per heavy atom. The average Bonchev–Trinajstić information content (AvgIpc) is 2.18. The summed E-state index contributed by atoms with van der Waals surface area (Å²) < 4.78 is 36.2. The Labute approximate surface area is 84.3 Å². The largest absolute Gasteiger partial charge is 0.436 e. The number of hydrogen-bond acceptors (Lipinski definition) is 2. The highest BCUT2D eigenvalue weighted by molar-refractivity contribution is 6.01. The standard InChI is InChI=1S/C10H8F3NO/c11-10(12,13)9(14-15)7-6-8-4-2-1-3-5-8/h1-7,15H. The van der Waals surface area contributed by atoms with Gasteiger partial charge in [-0.15, -0.1) is 0 Å². The molecule has 0 amide bonds. The zero-order valence-electron chi connectivity index (χ0n) is 7.57.